The fourth-order valence-electron chi connectivity index (χ4n) is 8.23. The highest BCUT2D eigenvalue weighted by Crippen LogP contribution is 2.49. The number of nitrogens with zero attached hydrogens (tertiary/aromatic N) is 3. The van der Waals surface area contributed by atoms with Crippen molar-refractivity contribution in [3.8, 4) is 11.6 Å². The maximum absolute atomic E-state index is 14.9. The molecule has 0 radical (unpaired) electrons. The summed E-state index contributed by atoms with van der Waals surface area (Å²) >= 11 is 0. The number of aromatic nitrogens is 2. The number of fused-ring (bicyclic) bond motifs is 3. The van der Waals surface area contributed by atoms with Crippen LogP contribution in [0.25, 0.3) is 11.0 Å². The normalized spacial score (nSPS) is 28.1. The number of methoxy groups -OCH3 is 2. The Morgan fingerprint density at radius 3 is 2.30 bits per heavy atom. The van der Waals surface area contributed by atoms with E-state index in [9.17, 15) is 53.9 Å². The van der Waals surface area contributed by atoms with Crippen LogP contribution in [0.5, 0.6) is 11.6 Å². The number of alkyl carbamates (subject to hydrolysis) is 1. The van der Waals surface area contributed by atoms with Crippen LogP contribution >= 0.6 is 0 Å². The predicted octanol–water partition coefficient (Wildman–Crippen LogP) is 5.18. The van der Waals surface area contributed by atoms with Gasteiger partial charge in [0.1, 0.15) is 29.5 Å². The molecule has 4 fully saturated rings. The topological polar surface area (TPSA) is 204 Å². The van der Waals surface area contributed by atoms with Crippen molar-refractivity contribution in [2.24, 2.45) is 17.8 Å². The van der Waals surface area contributed by atoms with Crippen LogP contribution in [0, 0.1) is 17.8 Å². The number of carbonyl (C=O) groups is 4. The number of alkyl halides is 6. The van der Waals surface area contributed by atoms with Crippen molar-refractivity contribution in [3.63, 3.8) is 0 Å². The molecule has 2 aliphatic heterocycles. The van der Waals surface area contributed by atoms with Gasteiger partial charge in [-0.3, -0.25) is 19.1 Å². The number of rotatable bonds is 10. The van der Waals surface area contributed by atoms with Crippen LogP contribution in [-0.4, -0.2) is 115 Å². The van der Waals surface area contributed by atoms with Gasteiger partial charge in [0, 0.05) is 25.5 Å². The average molecular weight is 923 g/mol. The zero-order valence-electron chi connectivity index (χ0n) is 35.6. The van der Waals surface area contributed by atoms with E-state index in [1.807, 2.05) is 6.92 Å². The minimum Gasteiger partial charge on any atom is -0.497 e. The second-order valence-electron chi connectivity index (χ2n) is 17.8. The molecular weight excluding hydrogens is 871 g/mol. The Balaban J connectivity index is 1.41. The summed E-state index contributed by atoms with van der Waals surface area (Å²) in [4.78, 5) is 65.5. The first kappa shape index (κ1) is 47.8. The highest BCUT2D eigenvalue weighted by molar-refractivity contribution is 7.91. The highest BCUT2D eigenvalue weighted by atomic mass is 32.2. The number of sulfonamides is 1. The van der Waals surface area contributed by atoms with Crippen LogP contribution in [0.2, 0.25) is 0 Å². The van der Waals surface area contributed by atoms with Crippen LogP contribution in [0.15, 0.2) is 18.2 Å². The van der Waals surface area contributed by atoms with Gasteiger partial charge in [-0.25, -0.2) is 23.2 Å². The standard InChI is InChI=1S/C40H52F6N6O10S/c1-21-9-7-8-10-23-18-38(23,34(55)51-63(57,58)37(4)13-14-37)50-31(53)28-17-25(61-32-30(39(41,42)43)47-26-12-11-24(60-6)16-27(26)48-32)19-52(28)33(54)29(22(15-21)20-59-5)49-35(56)62-36(2,3)40(44,45)46/h11-12,16,21-23,25,28-29H,7-10,13-15,17-20H2,1-6H3,(H,49,56)(H,50,53)(H,51,55)/t21-,22+,23-,25-,28+,29+,38-/m1/s1. The number of nitrogens with one attached hydrogen (secondary N) is 3. The number of ether oxygens (including phenoxy) is 4. The van der Waals surface area contributed by atoms with E-state index in [0.29, 0.717) is 52.4 Å². The summed E-state index contributed by atoms with van der Waals surface area (Å²) in [5.41, 5.74) is -6.49. The van der Waals surface area contributed by atoms with Crippen LogP contribution in [0.3, 0.4) is 0 Å². The van der Waals surface area contributed by atoms with Gasteiger partial charge in [-0.05, 0) is 76.8 Å². The first-order valence-electron chi connectivity index (χ1n) is 20.6. The van der Waals surface area contributed by atoms with E-state index in [2.05, 4.69) is 25.3 Å². The molecule has 1 aromatic carbocycles. The molecule has 4 amide bonds. The third-order valence-electron chi connectivity index (χ3n) is 12.5. The maximum Gasteiger partial charge on any atom is 0.438 e. The van der Waals surface area contributed by atoms with Gasteiger partial charge in [-0.2, -0.15) is 26.3 Å². The molecule has 23 heteroatoms. The van der Waals surface area contributed by atoms with Crippen LogP contribution in [0.4, 0.5) is 31.1 Å². The predicted molar refractivity (Wildman–Crippen MR) is 210 cm³/mol. The number of hydrogen-bond donors (Lipinski definition) is 3. The quantitative estimate of drug-likeness (QED) is 0.264. The third kappa shape index (κ3) is 10.2. The smallest absolute Gasteiger partial charge is 0.438 e. The van der Waals surface area contributed by atoms with E-state index < -0.39 is 117 Å². The molecule has 1 aromatic heterocycles. The lowest BCUT2D eigenvalue weighted by Gasteiger charge is -2.35. The molecule has 63 heavy (non-hydrogen) atoms. The van der Waals surface area contributed by atoms with Crippen molar-refractivity contribution < 1.29 is 72.9 Å². The third-order valence-corrected chi connectivity index (χ3v) is 14.7. The molecule has 2 aliphatic carbocycles. The molecule has 0 spiro atoms. The Bertz CT molecular complexity index is 2210. The molecule has 16 nitrogen and oxygen atoms in total. The van der Waals surface area contributed by atoms with Crippen LogP contribution < -0.4 is 24.8 Å². The van der Waals surface area contributed by atoms with Gasteiger partial charge in [-0.15, -0.1) is 0 Å². The summed E-state index contributed by atoms with van der Waals surface area (Å²) in [5, 5.41) is 4.95. The number of benzene rings is 1. The SMILES string of the molecule is COC[C@@H]1C[C@H](C)CCCC[C@@H]2C[C@@]2(C(=O)NS(=O)(=O)C2(C)CC2)NC(=O)[C@@H]2C[C@@H](Oc3nc4cc(OC)ccc4nc3C(F)(F)F)CN2C(=O)[C@H]1NC(=O)OC(C)(C)C(F)(F)F. The van der Waals surface area contributed by atoms with E-state index in [4.69, 9.17) is 18.9 Å². The second kappa shape index (κ2) is 17.4. The zero-order valence-corrected chi connectivity index (χ0v) is 36.4. The Hall–Kier alpha value is -4.67. The van der Waals surface area contributed by atoms with Crippen LogP contribution in [0.1, 0.15) is 91.2 Å². The molecule has 2 aromatic rings. The summed E-state index contributed by atoms with van der Waals surface area (Å²) in [5.74, 6) is -5.44. The number of amides is 4. The lowest BCUT2D eigenvalue weighted by atomic mass is 9.86. The number of carbonyl (C=O) groups excluding carboxylic acids is 4. The lowest BCUT2D eigenvalue weighted by Crippen LogP contribution is -2.60. The van der Waals surface area contributed by atoms with Gasteiger partial charge in [0.25, 0.3) is 5.91 Å². The van der Waals surface area contributed by atoms with Crippen molar-refractivity contribution in [3.05, 3.63) is 23.9 Å². The van der Waals surface area contributed by atoms with Crippen molar-refractivity contribution in [2.75, 3.05) is 27.4 Å². The molecule has 2 saturated carbocycles. The summed E-state index contributed by atoms with van der Waals surface area (Å²) in [6.07, 6.45) is -10.8. The van der Waals surface area contributed by atoms with Gasteiger partial charge in [0.2, 0.25) is 39.0 Å². The van der Waals surface area contributed by atoms with Crippen LogP contribution in [-0.2, 0) is 40.1 Å². The van der Waals surface area contributed by atoms with Gasteiger partial charge in [-0.1, -0.05) is 26.2 Å². The van der Waals surface area contributed by atoms with Crippen molar-refractivity contribution in [1.82, 2.24) is 30.2 Å². The van der Waals surface area contributed by atoms with Gasteiger partial charge in [0.15, 0.2) is 0 Å². The number of hydrogen-bond acceptors (Lipinski definition) is 12. The van der Waals surface area contributed by atoms with Crippen molar-refractivity contribution >= 4 is 44.9 Å². The molecule has 6 rings (SSSR count). The second-order valence-corrected chi connectivity index (χ2v) is 20.0. The summed E-state index contributed by atoms with van der Waals surface area (Å²) < 4.78 is 134. The Morgan fingerprint density at radius 1 is 1.00 bits per heavy atom. The molecule has 350 valence electrons. The Morgan fingerprint density at radius 2 is 1.68 bits per heavy atom. The van der Waals surface area contributed by atoms with Gasteiger partial charge < -0.3 is 34.5 Å². The van der Waals surface area contributed by atoms with Gasteiger partial charge >= 0.3 is 18.4 Å². The monoisotopic (exact) mass is 922 g/mol. The molecule has 7 atom stereocenters. The van der Waals surface area contributed by atoms with E-state index in [1.54, 1.807) is 0 Å². The molecular formula is C40H52F6N6O10S. The zero-order chi connectivity index (χ0) is 46.5. The maximum atomic E-state index is 14.9. The highest BCUT2D eigenvalue weighted by Gasteiger charge is 2.64. The first-order chi connectivity index (χ1) is 29.2. The molecule has 0 unspecified atom stereocenters. The first-order valence-corrected chi connectivity index (χ1v) is 22.1. The molecule has 0 bridgehead atoms. The fourth-order valence-corrected chi connectivity index (χ4v) is 9.55. The van der Waals surface area contributed by atoms with Crippen molar-refractivity contribution in [2.45, 2.75) is 132 Å². The molecule has 2 saturated heterocycles. The van der Waals surface area contributed by atoms with E-state index in [1.165, 1.54) is 39.3 Å². The average Bonchev–Trinajstić information content (AvgIpc) is 4.06. The van der Waals surface area contributed by atoms with Gasteiger partial charge in [0.05, 0.1) is 36.0 Å². The Labute approximate surface area is 359 Å². The van der Waals surface area contributed by atoms with E-state index in [0.717, 1.165) is 4.90 Å². The minimum atomic E-state index is -5.10. The lowest BCUT2D eigenvalue weighted by molar-refractivity contribution is -0.244. The summed E-state index contributed by atoms with van der Waals surface area (Å²) in [6, 6.07) is 0.584. The molecule has 4 aliphatic rings. The molecule has 3 heterocycles. The summed E-state index contributed by atoms with van der Waals surface area (Å²) in [6.45, 7) is 3.71. The minimum absolute atomic E-state index is 0.0406. The van der Waals surface area contributed by atoms with E-state index in [-0.39, 0.29) is 42.1 Å². The molecule has 3 N–H and O–H groups in total. The largest absolute Gasteiger partial charge is 0.497 e. The Kier molecular flexibility index (Phi) is 13.2. The van der Waals surface area contributed by atoms with E-state index >= 15 is 0 Å². The number of halogens is 6. The fraction of sp³-hybridized carbons (Fsp3) is 0.700. The van der Waals surface area contributed by atoms with Crippen molar-refractivity contribution in [1.29, 1.82) is 0 Å². The summed E-state index contributed by atoms with van der Waals surface area (Å²) in [7, 11) is -1.54.